The van der Waals surface area contributed by atoms with Crippen molar-refractivity contribution in [3.8, 4) is 0 Å². The average molecular weight is 161 g/mol. The molecule has 0 amide bonds. The van der Waals surface area contributed by atoms with E-state index in [2.05, 4.69) is 5.32 Å². The highest BCUT2D eigenvalue weighted by atomic mass is 19.1. The smallest absolute Gasteiger partial charge is 0.102 e. The summed E-state index contributed by atoms with van der Waals surface area (Å²) in [5, 5.41) is 3.03. The lowest BCUT2D eigenvalue weighted by atomic mass is 9.80. The van der Waals surface area contributed by atoms with Gasteiger partial charge in [0, 0.05) is 20.2 Å². The first-order chi connectivity index (χ1) is 5.33. The molecule has 11 heavy (non-hydrogen) atoms. The minimum absolute atomic E-state index is 0.0369. The van der Waals surface area contributed by atoms with Gasteiger partial charge in [-0.15, -0.1) is 0 Å². The number of halogens is 1. The fourth-order valence-corrected chi connectivity index (χ4v) is 1.41. The van der Waals surface area contributed by atoms with Gasteiger partial charge in [0.2, 0.25) is 0 Å². The van der Waals surface area contributed by atoms with Crippen molar-refractivity contribution >= 4 is 0 Å². The summed E-state index contributed by atoms with van der Waals surface area (Å²) in [6, 6.07) is 0. The summed E-state index contributed by atoms with van der Waals surface area (Å²) < 4.78 is 17.0. The molecule has 0 bridgehead atoms. The Bertz CT molecular complexity index is 109. The van der Waals surface area contributed by atoms with Gasteiger partial charge in [-0.05, 0) is 19.3 Å². The highest BCUT2D eigenvalue weighted by Crippen LogP contribution is 2.34. The Morgan fingerprint density at radius 1 is 1.55 bits per heavy atom. The highest BCUT2D eigenvalue weighted by molar-refractivity contribution is 4.91. The van der Waals surface area contributed by atoms with Crippen LogP contribution >= 0.6 is 0 Å². The van der Waals surface area contributed by atoms with Gasteiger partial charge in [-0.1, -0.05) is 0 Å². The number of nitrogens with one attached hydrogen (secondary N) is 1. The Kier molecular flexibility index (Phi) is 3.27. The summed E-state index contributed by atoms with van der Waals surface area (Å²) in [5.74, 6) is 0. The van der Waals surface area contributed by atoms with Gasteiger partial charge in [0.05, 0.1) is 5.60 Å². The minimum atomic E-state index is -0.292. The third kappa shape index (κ3) is 2.14. The van der Waals surface area contributed by atoms with Crippen molar-refractivity contribution in [1.29, 1.82) is 0 Å². The van der Waals surface area contributed by atoms with Gasteiger partial charge in [-0.2, -0.15) is 0 Å². The molecular formula is C8H16FNO. The summed E-state index contributed by atoms with van der Waals surface area (Å²) in [6.45, 7) is 0.957. The van der Waals surface area contributed by atoms with Gasteiger partial charge in [-0.25, -0.2) is 4.39 Å². The second-order valence-electron chi connectivity index (χ2n) is 3.11. The second kappa shape index (κ2) is 4.02. The molecule has 1 saturated carbocycles. The van der Waals surface area contributed by atoms with Gasteiger partial charge in [0.25, 0.3) is 0 Å². The Labute approximate surface area is 67.1 Å². The summed E-state index contributed by atoms with van der Waals surface area (Å²) in [4.78, 5) is 0. The van der Waals surface area contributed by atoms with E-state index in [1.54, 1.807) is 7.11 Å². The van der Waals surface area contributed by atoms with Gasteiger partial charge in [0.1, 0.15) is 6.67 Å². The zero-order chi connectivity index (χ0) is 8.16. The fourth-order valence-electron chi connectivity index (χ4n) is 1.41. The van der Waals surface area contributed by atoms with Gasteiger partial charge in [0.15, 0.2) is 0 Å². The molecule has 2 nitrogen and oxygen atoms in total. The molecule has 0 atom stereocenters. The van der Waals surface area contributed by atoms with Crippen molar-refractivity contribution in [2.45, 2.75) is 24.9 Å². The van der Waals surface area contributed by atoms with Crippen molar-refractivity contribution < 1.29 is 9.13 Å². The van der Waals surface area contributed by atoms with E-state index in [1.165, 1.54) is 6.42 Å². The monoisotopic (exact) mass is 161 g/mol. The molecule has 0 saturated heterocycles. The van der Waals surface area contributed by atoms with Crippen LogP contribution in [0.25, 0.3) is 0 Å². The molecule has 66 valence electrons. The van der Waals surface area contributed by atoms with Gasteiger partial charge >= 0.3 is 0 Å². The molecule has 0 spiro atoms. The summed E-state index contributed by atoms with van der Waals surface area (Å²) >= 11 is 0. The second-order valence-corrected chi connectivity index (χ2v) is 3.11. The van der Waals surface area contributed by atoms with E-state index in [1.807, 2.05) is 0 Å². The number of alkyl halides is 1. The van der Waals surface area contributed by atoms with Crippen LogP contribution in [0.2, 0.25) is 0 Å². The van der Waals surface area contributed by atoms with Crippen LogP contribution in [0.4, 0.5) is 4.39 Å². The largest absolute Gasteiger partial charge is 0.377 e. The molecule has 0 aliphatic heterocycles. The van der Waals surface area contributed by atoms with E-state index >= 15 is 0 Å². The predicted octanol–water partition coefficient (Wildman–Crippen LogP) is 1.11. The van der Waals surface area contributed by atoms with E-state index in [4.69, 9.17) is 4.74 Å². The molecule has 1 fully saturated rings. The fraction of sp³-hybridized carbons (Fsp3) is 1.00. The topological polar surface area (TPSA) is 21.3 Å². The van der Waals surface area contributed by atoms with E-state index < -0.39 is 0 Å². The van der Waals surface area contributed by atoms with Crippen LogP contribution in [0.1, 0.15) is 19.3 Å². The molecule has 1 rings (SSSR count). The molecule has 0 aromatic carbocycles. The molecule has 0 radical (unpaired) electrons. The predicted molar refractivity (Wildman–Crippen MR) is 42.4 cm³/mol. The van der Waals surface area contributed by atoms with Crippen LogP contribution in [0.3, 0.4) is 0 Å². The Balaban J connectivity index is 2.11. The molecule has 0 aromatic heterocycles. The van der Waals surface area contributed by atoms with Gasteiger partial charge in [-0.3, -0.25) is 0 Å². The maximum absolute atomic E-state index is 11.7. The average Bonchev–Trinajstić information content (AvgIpc) is 1.95. The zero-order valence-corrected chi connectivity index (χ0v) is 7.03. The molecule has 1 N–H and O–H groups in total. The molecule has 0 heterocycles. The number of hydrogen-bond donors (Lipinski definition) is 1. The third-order valence-electron chi connectivity index (χ3n) is 2.42. The molecule has 1 aliphatic rings. The van der Waals surface area contributed by atoms with Gasteiger partial charge < -0.3 is 10.1 Å². The molecule has 3 heteroatoms. The lowest BCUT2D eigenvalue weighted by molar-refractivity contribution is -0.0693. The summed E-state index contributed by atoms with van der Waals surface area (Å²) in [7, 11) is 1.73. The van der Waals surface area contributed by atoms with Crippen molar-refractivity contribution in [3.05, 3.63) is 0 Å². The summed E-state index contributed by atoms with van der Waals surface area (Å²) in [6.07, 6.45) is 3.47. The number of rotatable bonds is 5. The molecular weight excluding hydrogens is 145 g/mol. The SMILES string of the molecule is COC1(CNCCF)CCC1. The van der Waals surface area contributed by atoms with Crippen LogP contribution in [-0.4, -0.2) is 32.5 Å². The number of methoxy groups -OCH3 is 1. The highest BCUT2D eigenvalue weighted by Gasteiger charge is 2.36. The normalized spacial score (nSPS) is 21.3. The number of hydrogen-bond acceptors (Lipinski definition) is 2. The number of ether oxygens (including phenoxy) is 1. The van der Waals surface area contributed by atoms with Crippen molar-refractivity contribution in [3.63, 3.8) is 0 Å². The zero-order valence-electron chi connectivity index (χ0n) is 7.03. The quantitative estimate of drug-likeness (QED) is 0.610. The van der Waals surface area contributed by atoms with E-state index in [0.717, 1.165) is 19.4 Å². The van der Waals surface area contributed by atoms with E-state index in [9.17, 15) is 4.39 Å². The van der Waals surface area contributed by atoms with Crippen LogP contribution < -0.4 is 5.32 Å². The van der Waals surface area contributed by atoms with Crippen molar-refractivity contribution in [2.75, 3.05) is 26.9 Å². The first-order valence-corrected chi connectivity index (χ1v) is 4.15. The Hall–Kier alpha value is -0.150. The lowest BCUT2D eigenvalue weighted by Gasteiger charge is -2.40. The van der Waals surface area contributed by atoms with Crippen LogP contribution in [-0.2, 0) is 4.74 Å². The van der Waals surface area contributed by atoms with Crippen molar-refractivity contribution in [1.82, 2.24) is 5.32 Å². The van der Waals surface area contributed by atoms with Crippen LogP contribution in [0, 0.1) is 0 Å². The first kappa shape index (κ1) is 8.94. The standard InChI is InChI=1S/C8H16FNO/c1-11-8(3-2-4-8)7-10-6-5-9/h10H,2-7H2,1H3. The van der Waals surface area contributed by atoms with E-state index in [0.29, 0.717) is 6.54 Å². The molecule has 0 unspecified atom stereocenters. The first-order valence-electron chi connectivity index (χ1n) is 4.15. The van der Waals surface area contributed by atoms with Crippen LogP contribution in [0.15, 0.2) is 0 Å². The molecule has 0 aromatic rings. The molecule has 1 aliphatic carbocycles. The Morgan fingerprint density at radius 2 is 2.27 bits per heavy atom. The van der Waals surface area contributed by atoms with E-state index in [-0.39, 0.29) is 12.3 Å². The minimum Gasteiger partial charge on any atom is -0.377 e. The maximum Gasteiger partial charge on any atom is 0.102 e. The van der Waals surface area contributed by atoms with Crippen LogP contribution in [0.5, 0.6) is 0 Å². The third-order valence-corrected chi connectivity index (χ3v) is 2.42. The summed E-state index contributed by atoms with van der Waals surface area (Å²) in [5.41, 5.74) is 0.0369. The Morgan fingerprint density at radius 3 is 2.64 bits per heavy atom. The van der Waals surface area contributed by atoms with Crippen molar-refractivity contribution in [2.24, 2.45) is 0 Å². The lowest BCUT2D eigenvalue weighted by Crippen LogP contribution is -2.48. The maximum atomic E-state index is 11.7.